The number of amides is 2. The molecule has 1 saturated heterocycles. The van der Waals surface area contributed by atoms with Crippen molar-refractivity contribution in [2.24, 2.45) is 5.92 Å². The van der Waals surface area contributed by atoms with Crippen LogP contribution in [-0.4, -0.2) is 46.4 Å². The van der Waals surface area contributed by atoms with Gasteiger partial charge in [0.05, 0.1) is 10.7 Å². The second-order valence-corrected chi connectivity index (χ2v) is 8.79. The van der Waals surface area contributed by atoms with Gasteiger partial charge in [-0.05, 0) is 55.5 Å². The molecule has 0 bridgehead atoms. The smallest absolute Gasteiger partial charge is 0.277 e. The third-order valence-electron chi connectivity index (χ3n) is 5.83. The van der Waals surface area contributed by atoms with Crippen LogP contribution in [0.25, 0.3) is 0 Å². The van der Waals surface area contributed by atoms with Crippen LogP contribution >= 0.6 is 23.2 Å². The molecular weight excluding hydrogens is 475 g/mol. The average Bonchev–Trinajstić information content (AvgIpc) is 2.86. The van der Waals surface area contributed by atoms with E-state index >= 15 is 0 Å². The van der Waals surface area contributed by atoms with Crippen molar-refractivity contribution in [2.45, 2.75) is 19.3 Å². The highest BCUT2D eigenvalue weighted by atomic mass is 35.5. The lowest BCUT2D eigenvalue weighted by Crippen LogP contribution is -2.35. The highest BCUT2D eigenvalue weighted by Gasteiger charge is 2.20. The van der Waals surface area contributed by atoms with Gasteiger partial charge < -0.3 is 15.5 Å². The number of hydrogen-bond acceptors (Lipinski definition) is 6. The van der Waals surface area contributed by atoms with Crippen LogP contribution in [0.4, 0.5) is 11.4 Å². The SMILES string of the molecule is O=C(NCCC1CCN(c2ccncc2)CC1)c1ccc(Cl)c(NC(=O)c2nccnc2Cl)c1. The van der Waals surface area contributed by atoms with Crippen LogP contribution in [0.5, 0.6) is 0 Å². The lowest BCUT2D eigenvalue weighted by atomic mass is 9.93. The Labute approximate surface area is 207 Å². The zero-order valence-corrected chi connectivity index (χ0v) is 19.9. The summed E-state index contributed by atoms with van der Waals surface area (Å²) in [5, 5.41) is 5.89. The van der Waals surface area contributed by atoms with Crippen LogP contribution in [-0.2, 0) is 0 Å². The molecule has 0 radical (unpaired) electrons. The van der Waals surface area contributed by atoms with Crippen molar-refractivity contribution in [3.8, 4) is 0 Å². The fraction of sp³-hybridized carbons (Fsp3) is 0.292. The number of rotatable bonds is 7. The number of pyridine rings is 1. The highest BCUT2D eigenvalue weighted by molar-refractivity contribution is 6.35. The van der Waals surface area contributed by atoms with Gasteiger partial charge in [0.25, 0.3) is 11.8 Å². The minimum Gasteiger partial charge on any atom is -0.371 e. The highest BCUT2D eigenvalue weighted by Crippen LogP contribution is 2.26. The monoisotopic (exact) mass is 498 g/mol. The molecular formula is C24H24Cl2N6O2. The molecule has 0 saturated carbocycles. The van der Waals surface area contributed by atoms with E-state index in [0.717, 1.165) is 32.4 Å². The van der Waals surface area contributed by atoms with Gasteiger partial charge in [-0.2, -0.15) is 0 Å². The Bertz CT molecular complexity index is 1150. The molecule has 2 amide bonds. The van der Waals surface area contributed by atoms with E-state index in [9.17, 15) is 9.59 Å². The number of aromatic nitrogens is 3. The van der Waals surface area contributed by atoms with Crippen LogP contribution < -0.4 is 15.5 Å². The molecule has 176 valence electrons. The van der Waals surface area contributed by atoms with Crippen molar-refractivity contribution in [3.63, 3.8) is 0 Å². The van der Waals surface area contributed by atoms with Crippen molar-refractivity contribution >= 4 is 46.4 Å². The van der Waals surface area contributed by atoms with Crippen molar-refractivity contribution < 1.29 is 9.59 Å². The zero-order valence-electron chi connectivity index (χ0n) is 18.4. The van der Waals surface area contributed by atoms with E-state index < -0.39 is 5.91 Å². The fourth-order valence-electron chi connectivity index (χ4n) is 3.94. The first kappa shape index (κ1) is 23.9. The summed E-state index contributed by atoms with van der Waals surface area (Å²) in [5.74, 6) is -0.218. The predicted molar refractivity (Wildman–Crippen MR) is 133 cm³/mol. The summed E-state index contributed by atoms with van der Waals surface area (Å²) in [4.78, 5) is 39.4. The van der Waals surface area contributed by atoms with Gasteiger partial charge in [0, 0.05) is 55.7 Å². The first-order valence-electron chi connectivity index (χ1n) is 11.0. The summed E-state index contributed by atoms with van der Waals surface area (Å²) < 4.78 is 0. The third-order valence-corrected chi connectivity index (χ3v) is 6.43. The summed E-state index contributed by atoms with van der Waals surface area (Å²) in [6.07, 6.45) is 9.47. The number of anilines is 2. The maximum absolute atomic E-state index is 12.7. The molecule has 0 unspecified atom stereocenters. The molecule has 4 rings (SSSR count). The molecule has 0 spiro atoms. The van der Waals surface area contributed by atoms with Gasteiger partial charge in [-0.15, -0.1) is 0 Å². The molecule has 3 heterocycles. The normalized spacial score (nSPS) is 14.0. The van der Waals surface area contributed by atoms with Gasteiger partial charge in [0.1, 0.15) is 0 Å². The Morgan fingerprint density at radius 3 is 2.44 bits per heavy atom. The molecule has 1 aromatic carbocycles. The van der Waals surface area contributed by atoms with Crippen molar-refractivity contribution in [1.29, 1.82) is 0 Å². The molecule has 8 nitrogen and oxygen atoms in total. The van der Waals surface area contributed by atoms with E-state index in [1.54, 1.807) is 12.1 Å². The number of hydrogen-bond donors (Lipinski definition) is 2. The number of halogens is 2. The fourth-order valence-corrected chi connectivity index (χ4v) is 4.30. The number of nitrogens with one attached hydrogen (secondary N) is 2. The molecule has 10 heteroatoms. The lowest BCUT2D eigenvalue weighted by Gasteiger charge is -2.33. The maximum Gasteiger partial charge on any atom is 0.277 e. The van der Waals surface area contributed by atoms with Crippen LogP contribution in [0, 0.1) is 5.92 Å². The van der Waals surface area contributed by atoms with E-state index in [1.165, 1.54) is 24.1 Å². The summed E-state index contributed by atoms with van der Waals surface area (Å²) >= 11 is 12.1. The number of benzene rings is 1. The van der Waals surface area contributed by atoms with Gasteiger partial charge in [-0.25, -0.2) is 9.97 Å². The van der Waals surface area contributed by atoms with E-state index in [4.69, 9.17) is 23.2 Å². The Morgan fingerprint density at radius 2 is 1.71 bits per heavy atom. The molecule has 0 aliphatic carbocycles. The second-order valence-electron chi connectivity index (χ2n) is 8.02. The molecule has 1 fully saturated rings. The largest absolute Gasteiger partial charge is 0.371 e. The molecule has 2 N–H and O–H groups in total. The maximum atomic E-state index is 12.7. The quantitative estimate of drug-likeness (QED) is 0.498. The molecule has 1 aliphatic heterocycles. The van der Waals surface area contributed by atoms with E-state index in [2.05, 4.69) is 30.5 Å². The topological polar surface area (TPSA) is 100 Å². The van der Waals surface area contributed by atoms with Crippen LogP contribution in [0.15, 0.2) is 55.1 Å². The summed E-state index contributed by atoms with van der Waals surface area (Å²) in [5.41, 5.74) is 1.88. The van der Waals surface area contributed by atoms with Gasteiger partial charge in [-0.1, -0.05) is 23.2 Å². The molecule has 34 heavy (non-hydrogen) atoms. The van der Waals surface area contributed by atoms with Crippen LogP contribution in [0.3, 0.4) is 0 Å². The number of nitrogens with zero attached hydrogens (tertiary/aromatic N) is 4. The number of carbonyl (C=O) groups excluding carboxylic acids is 2. The predicted octanol–water partition coefficient (Wildman–Crippen LogP) is 4.47. The minimum atomic E-state index is -0.560. The van der Waals surface area contributed by atoms with Gasteiger partial charge in [0.15, 0.2) is 10.8 Å². The first-order valence-corrected chi connectivity index (χ1v) is 11.8. The zero-order chi connectivity index (χ0) is 23.9. The average molecular weight is 499 g/mol. The van der Waals surface area contributed by atoms with E-state index in [-0.39, 0.29) is 16.8 Å². The number of carbonyl (C=O) groups is 2. The van der Waals surface area contributed by atoms with Crippen molar-refractivity contribution in [3.05, 3.63) is 76.6 Å². The Hall–Kier alpha value is -3.23. The minimum absolute atomic E-state index is 0.0170. The summed E-state index contributed by atoms with van der Waals surface area (Å²) in [6, 6.07) is 8.79. The van der Waals surface area contributed by atoms with Crippen molar-refractivity contribution in [2.75, 3.05) is 29.9 Å². The third kappa shape index (κ3) is 6.01. The standard InChI is InChI=1S/C24H24Cl2N6O2/c25-19-2-1-17(15-20(19)31-24(34)21-22(26)29-12-11-28-21)23(33)30-10-3-16-6-13-32(14-7-16)18-4-8-27-9-5-18/h1-2,4-5,8-9,11-12,15-16H,3,6-7,10,13-14H2,(H,30,33)(H,31,34). The van der Waals surface area contributed by atoms with E-state index in [0.29, 0.717) is 28.7 Å². The Balaban J connectivity index is 1.27. The van der Waals surface area contributed by atoms with Crippen LogP contribution in [0.2, 0.25) is 10.2 Å². The van der Waals surface area contributed by atoms with E-state index in [1.807, 2.05) is 24.5 Å². The van der Waals surface area contributed by atoms with Crippen LogP contribution in [0.1, 0.15) is 40.1 Å². The first-order chi connectivity index (χ1) is 16.5. The molecule has 2 aromatic heterocycles. The Kier molecular flexibility index (Phi) is 7.92. The molecule has 0 atom stereocenters. The van der Waals surface area contributed by atoms with Gasteiger partial charge in [0.2, 0.25) is 0 Å². The molecule has 3 aromatic rings. The number of piperidine rings is 1. The summed E-state index contributed by atoms with van der Waals surface area (Å²) in [6.45, 7) is 2.58. The Morgan fingerprint density at radius 1 is 0.971 bits per heavy atom. The van der Waals surface area contributed by atoms with Gasteiger partial charge in [-0.3, -0.25) is 14.6 Å². The van der Waals surface area contributed by atoms with Crippen molar-refractivity contribution in [1.82, 2.24) is 20.3 Å². The van der Waals surface area contributed by atoms with Gasteiger partial charge >= 0.3 is 0 Å². The summed E-state index contributed by atoms with van der Waals surface area (Å²) in [7, 11) is 0. The second kappa shape index (κ2) is 11.3. The molecule has 1 aliphatic rings. The lowest BCUT2D eigenvalue weighted by molar-refractivity contribution is 0.0949.